The maximum absolute atomic E-state index is 12.9. The minimum absolute atomic E-state index is 0.208. The van der Waals surface area contributed by atoms with Crippen LogP contribution >= 0.6 is 56.9 Å². The zero-order chi connectivity index (χ0) is 25.8. The van der Waals surface area contributed by atoms with Crippen molar-refractivity contribution in [1.29, 1.82) is 0 Å². The molecule has 0 saturated carbocycles. The van der Waals surface area contributed by atoms with E-state index in [1.165, 1.54) is 12.0 Å². The van der Waals surface area contributed by atoms with Gasteiger partial charge in [0.25, 0.3) is 11.1 Å². The van der Waals surface area contributed by atoms with Gasteiger partial charge in [0.15, 0.2) is 11.5 Å². The number of methoxy groups -OCH3 is 2. The van der Waals surface area contributed by atoms with Gasteiger partial charge in [-0.15, -0.1) is 0 Å². The Morgan fingerprint density at radius 3 is 2.31 bits per heavy atom. The van der Waals surface area contributed by atoms with Crippen LogP contribution in [0.3, 0.4) is 0 Å². The van der Waals surface area contributed by atoms with Crippen LogP contribution in [0.2, 0.25) is 0 Å². The number of amides is 2. The summed E-state index contributed by atoms with van der Waals surface area (Å²) in [6.45, 7) is 0.208. The van der Waals surface area contributed by atoms with E-state index in [0.717, 1.165) is 20.9 Å². The number of thioether (sulfide) groups is 1. The van der Waals surface area contributed by atoms with Gasteiger partial charge in [-0.1, -0.05) is 12.1 Å². The Morgan fingerprint density at radius 1 is 0.972 bits per heavy atom. The second-order valence-corrected chi connectivity index (χ2v) is 10.9. The molecule has 36 heavy (non-hydrogen) atoms. The number of hydrogen-bond acceptors (Lipinski definition) is 7. The molecule has 4 rings (SSSR count). The molecule has 0 radical (unpaired) electrons. The molecule has 0 unspecified atom stereocenters. The van der Waals surface area contributed by atoms with Crippen molar-refractivity contribution >= 4 is 80.1 Å². The largest absolute Gasteiger partial charge is 0.497 e. The molecule has 184 valence electrons. The SMILES string of the molecule is COc1ccc(C(=O)Oc2c(I)cc(/C=C3\SC(=O)N(Cc4ccc(I)cc4)C3=O)cc2OC)cc1. The number of hydrogen-bond donors (Lipinski definition) is 0. The number of ether oxygens (including phenoxy) is 3. The summed E-state index contributed by atoms with van der Waals surface area (Å²) in [5.74, 6) is 0.327. The Balaban J connectivity index is 1.54. The van der Waals surface area contributed by atoms with Crippen LogP contribution in [0.4, 0.5) is 4.79 Å². The van der Waals surface area contributed by atoms with Gasteiger partial charge >= 0.3 is 5.97 Å². The lowest BCUT2D eigenvalue weighted by Gasteiger charge is -2.13. The predicted octanol–water partition coefficient (Wildman–Crippen LogP) is 6.37. The van der Waals surface area contributed by atoms with E-state index >= 15 is 0 Å². The van der Waals surface area contributed by atoms with Gasteiger partial charge in [0.2, 0.25) is 0 Å². The van der Waals surface area contributed by atoms with Crippen LogP contribution in [0, 0.1) is 7.14 Å². The molecule has 0 atom stereocenters. The smallest absolute Gasteiger partial charge is 0.343 e. The molecule has 3 aromatic rings. The lowest BCUT2D eigenvalue weighted by molar-refractivity contribution is -0.123. The minimum Gasteiger partial charge on any atom is -0.497 e. The van der Waals surface area contributed by atoms with Gasteiger partial charge in [-0.05, 0) is 123 Å². The van der Waals surface area contributed by atoms with Gasteiger partial charge in [-0.3, -0.25) is 14.5 Å². The van der Waals surface area contributed by atoms with Crippen molar-refractivity contribution in [2.45, 2.75) is 6.54 Å². The molecule has 10 heteroatoms. The van der Waals surface area contributed by atoms with Crippen molar-refractivity contribution in [3.63, 3.8) is 0 Å². The number of benzene rings is 3. The number of esters is 1. The van der Waals surface area contributed by atoms with Crippen LogP contribution in [-0.4, -0.2) is 36.2 Å². The maximum Gasteiger partial charge on any atom is 0.343 e. The van der Waals surface area contributed by atoms with Gasteiger partial charge in [0, 0.05) is 3.57 Å². The molecule has 0 bridgehead atoms. The molecule has 2 amide bonds. The van der Waals surface area contributed by atoms with Gasteiger partial charge in [-0.25, -0.2) is 4.79 Å². The van der Waals surface area contributed by atoms with Crippen LogP contribution in [-0.2, 0) is 11.3 Å². The fourth-order valence-electron chi connectivity index (χ4n) is 3.36. The van der Waals surface area contributed by atoms with Gasteiger partial charge in [0.05, 0.1) is 34.8 Å². The van der Waals surface area contributed by atoms with Gasteiger partial charge < -0.3 is 14.2 Å². The summed E-state index contributed by atoms with van der Waals surface area (Å²) in [5.41, 5.74) is 1.87. The van der Waals surface area contributed by atoms with Crippen molar-refractivity contribution < 1.29 is 28.6 Å². The van der Waals surface area contributed by atoms with Crippen molar-refractivity contribution in [1.82, 2.24) is 4.90 Å². The number of imide groups is 1. The lowest BCUT2D eigenvalue weighted by atomic mass is 10.1. The monoisotopic (exact) mass is 727 g/mol. The summed E-state index contributed by atoms with van der Waals surface area (Å²) < 4.78 is 17.9. The molecule has 0 aliphatic carbocycles. The first-order valence-corrected chi connectivity index (χ1v) is 13.5. The van der Waals surface area contributed by atoms with E-state index in [1.54, 1.807) is 49.6 Å². The number of rotatable bonds is 7. The molecular weight excluding hydrogens is 708 g/mol. The van der Waals surface area contributed by atoms with E-state index in [1.807, 2.05) is 46.9 Å². The van der Waals surface area contributed by atoms with Crippen molar-refractivity contribution in [2.75, 3.05) is 14.2 Å². The Bertz CT molecular complexity index is 1360. The summed E-state index contributed by atoms with van der Waals surface area (Å²) in [5, 5.41) is -0.323. The number of carbonyl (C=O) groups is 3. The van der Waals surface area contributed by atoms with Crippen molar-refractivity contribution in [2.24, 2.45) is 0 Å². The Kier molecular flexibility index (Phi) is 8.57. The summed E-state index contributed by atoms with van der Waals surface area (Å²) in [4.78, 5) is 39.7. The van der Waals surface area contributed by atoms with Crippen molar-refractivity contribution in [3.8, 4) is 17.2 Å². The second kappa shape index (κ2) is 11.6. The zero-order valence-electron chi connectivity index (χ0n) is 19.1. The van der Waals surface area contributed by atoms with Gasteiger partial charge in [-0.2, -0.15) is 0 Å². The molecule has 1 aliphatic rings. The van der Waals surface area contributed by atoms with E-state index in [2.05, 4.69) is 22.6 Å². The molecule has 1 aliphatic heterocycles. The quantitative estimate of drug-likeness (QED) is 0.121. The summed E-state index contributed by atoms with van der Waals surface area (Å²) in [6, 6.07) is 17.6. The Morgan fingerprint density at radius 2 is 1.67 bits per heavy atom. The molecule has 1 heterocycles. The molecular formula is C26H19I2NO6S. The lowest BCUT2D eigenvalue weighted by Crippen LogP contribution is -2.27. The molecule has 0 N–H and O–H groups in total. The van der Waals surface area contributed by atoms with Crippen LogP contribution in [0.15, 0.2) is 65.6 Å². The normalized spacial score (nSPS) is 14.3. The van der Waals surface area contributed by atoms with E-state index in [-0.39, 0.29) is 23.4 Å². The minimum atomic E-state index is -0.543. The first kappa shape index (κ1) is 26.5. The van der Waals surface area contributed by atoms with Crippen LogP contribution in [0.5, 0.6) is 17.2 Å². The summed E-state index contributed by atoms with van der Waals surface area (Å²) >= 11 is 5.14. The fraction of sp³-hybridized carbons (Fsp3) is 0.115. The second-order valence-electron chi connectivity index (χ2n) is 7.55. The highest BCUT2D eigenvalue weighted by Gasteiger charge is 2.35. The third-order valence-corrected chi connectivity index (χ3v) is 7.63. The third kappa shape index (κ3) is 6.03. The molecule has 3 aromatic carbocycles. The van der Waals surface area contributed by atoms with Crippen LogP contribution in [0.25, 0.3) is 6.08 Å². The van der Waals surface area contributed by atoms with Crippen molar-refractivity contribution in [3.05, 3.63) is 89.4 Å². The first-order chi connectivity index (χ1) is 17.3. The standard InChI is InChI=1S/C26H19I2NO6S/c1-33-19-9-5-17(6-10-19)25(31)35-23-20(28)11-16(12-21(23)34-2)13-22-24(30)29(26(32)36-22)14-15-3-7-18(27)8-4-15/h3-13H,14H2,1-2H3/b22-13-. The first-order valence-electron chi connectivity index (χ1n) is 10.5. The highest BCUT2D eigenvalue weighted by molar-refractivity contribution is 14.1. The highest BCUT2D eigenvalue weighted by Crippen LogP contribution is 2.38. The topological polar surface area (TPSA) is 82.1 Å². The van der Waals surface area contributed by atoms with Gasteiger partial charge in [0.1, 0.15) is 5.75 Å². The molecule has 0 aromatic heterocycles. The summed E-state index contributed by atoms with van der Waals surface area (Å²) in [7, 11) is 3.01. The average Bonchev–Trinajstić information content (AvgIpc) is 3.13. The number of nitrogens with zero attached hydrogens (tertiary/aromatic N) is 1. The zero-order valence-corrected chi connectivity index (χ0v) is 24.3. The van der Waals surface area contributed by atoms with E-state index in [0.29, 0.717) is 31.1 Å². The maximum atomic E-state index is 12.9. The molecule has 7 nitrogen and oxygen atoms in total. The Labute approximate surface area is 239 Å². The Hall–Kier alpha value is -2.58. The molecule has 1 saturated heterocycles. The van der Waals surface area contributed by atoms with E-state index < -0.39 is 5.97 Å². The molecule has 1 fully saturated rings. The van der Waals surface area contributed by atoms with E-state index in [9.17, 15) is 14.4 Å². The summed E-state index contributed by atoms with van der Waals surface area (Å²) in [6.07, 6.45) is 1.64. The highest BCUT2D eigenvalue weighted by atomic mass is 127. The fourth-order valence-corrected chi connectivity index (χ4v) is 5.29. The average molecular weight is 727 g/mol. The van der Waals surface area contributed by atoms with Crippen LogP contribution in [0.1, 0.15) is 21.5 Å². The number of carbonyl (C=O) groups excluding carboxylic acids is 3. The van der Waals surface area contributed by atoms with E-state index in [4.69, 9.17) is 14.2 Å². The number of halogens is 2. The van der Waals surface area contributed by atoms with Crippen LogP contribution < -0.4 is 14.2 Å². The molecule has 0 spiro atoms. The third-order valence-electron chi connectivity index (χ3n) is 5.20. The predicted molar refractivity (Wildman–Crippen MR) is 154 cm³/mol.